The fourth-order valence-electron chi connectivity index (χ4n) is 9.07. The lowest BCUT2D eigenvalue weighted by molar-refractivity contribution is -0.0520. The molecule has 4 aliphatic carbocycles. The van der Waals surface area contributed by atoms with Gasteiger partial charge in [0.15, 0.2) is 0 Å². The van der Waals surface area contributed by atoms with Crippen LogP contribution in [0.4, 0.5) is 0 Å². The van der Waals surface area contributed by atoms with Crippen molar-refractivity contribution in [3.05, 3.63) is 108 Å². The number of nitrogens with one attached hydrogen (secondary N) is 2. The molecule has 4 saturated carbocycles. The normalized spacial score (nSPS) is 27.9. The van der Waals surface area contributed by atoms with Crippen molar-refractivity contribution in [1.82, 2.24) is 9.97 Å². The zero-order chi connectivity index (χ0) is 26.6. The van der Waals surface area contributed by atoms with Crippen LogP contribution in [0.25, 0.3) is 0 Å². The van der Waals surface area contributed by atoms with Crippen LogP contribution in [0.3, 0.4) is 0 Å². The number of benzene rings is 2. The molecule has 0 saturated heterocycles. The van der Waals surface area contributed by atoms with E-state index in [1.54, 1.807) is 11.1 Å². The first-order valence-electron chi connectivity index (χ1n) is 14.9. The lowest BCUT2D eigenvalue weighted by Crippen LogP contribution is -2.56. The van der Waals surface area contributed by atoms with Gasteiger partial charge in [0.25, 0.3) is 0 Å². The van der Waals surface area contributed by atoms with E-state index in [9.17, 15) is 0 Å². The molecule has 2 aromatic carbocycles. The number of hydrogen-bond donors (Lipinski definition) is 2. The maximum absolute atomic E-state index is 3.36. The summed E-state index contributed by atoms with van der Waals surface area (Å²) >= 11 is 0. The van der Waals surface area contributed by atoms with Crippen LogP contribution in [0.1, 0.15) is 68.2 Å². The van der Waals surface area contributed by atoms with Gasteiger partial charge in [-0.15, -0.1) is 9.24 Å². The molecular formula is C35H42N2P2. The van der Waals surface area contributed by atoms with Crippen molar-refractivity contribution in [2.75, 3.05) is 6.16 Å². The topological polar surface area (TPSA) is 31.6 Å². The molecule has 0 radical (unpaired) electrons. The number of aromatic amines is 2. The van der Waals surface area contributed by atoms with Crippen molar-refractivity contribution in [3.8, 4) is 0 Å². The molecule has 2 heterocycles. The van der Waals surface area contributed by atoms with Crippen LogP contribution in [-0.2, 0) is 17.0 Å². The highest BCUT2D eigenvalue weighted by Gasteiger charge is 2.57. The summed E-state index contributed by atoms with van der Waals surface area (Å²) in [4.78, 5) is 6.72. The minimum absolute atomic E-state index is 0.0407. The average Bonchev–Trinajstić information content (AvgIpc) is 3.67. The lowest BCUT2D eigenvalue weighted by atomic mass is 9.43. The van der Waals surface area contributed by atoms with Crippen molar-refractivity contribution in [3.63, 3.8) is 0 Å². The van der Waals surface area contributed by atoms with Crippen molar-refractivity contribution >= 4 is 27.8 Å². The molecule has 4 heteroatoms. The fourth-order valence-corrected chi connectivity index (χ4v) is 12.1. The average molecular weight is 553 g/mol. The van der Waals surface area contributed by atoms with Crippen LogP contribution in [0, 0.1) is 23.7 Å². The maximum atomic E-state index is 3.36. The maximum Gasteiger partial charge on any atom is 0.0146 e. The van der Waals surface area contributed by atoms with Gasteiger partial charge >= 0.3 is 0 Å². The minimum atomic E-state index is -0.499. The highest BCUT2D eigenvalue weighted by Crippen LogP contribution is 2.64. The standard InChI is InChI=1S/C35H42N2P2/c1-34(2,28-6-4-3-5-7-28)29-8-9-32(35-18-24-14-25(19-35)16-26(15-24)33(35)22-38)27(17-29)23-39(30-10-12-36-20-30)31-11-13-37-21-31/h3-13,17,20-21,24-26,33,36-37H,14-16,18-19,22-23,38H2,1-2H3. The summed E-state index contributed by atoms with van der Waals surface area (Å²) in [6.07, 6.45) is 18.2. The van der Waals surface area contributed by atoms with Crippen molar-refractivity contribution in [2.24, 2.45) is 23.7 Å². The Hall–Kier alpha value is -2.14. The molecule has 4 unspecified atom stereocenters. The Kier molecular flexibility index (Phi) is 6.65. The van der Waals surface area contributed by atoms with Gasteiger partial charge in [0.05, 0.1) is 0 Å². The highest BCUT2D eigenvalue weighted by molar-refractivity contribution is 7.72. The number of rotatable bonds is 8. The molecule has 8 rings (SSSR count). The molecule has 4 aromatic rings. The van der Waals surface area contributed by atoms with Crippen LogP contribution in [0.2, 0.25) is 0 Å². The van der Waals surface area contributed by atoms with Crippen LogP contribution in [-0.4, -0.2) is 16.1 Å². The van der Waals surface area contributed by atoms with E-state index in [4.69, 9.17) is 0 Å². The van der Waals surface area contributed by atoms with E-state index in [0.29, 0.717) is 5.41 Å². The Balaban J connectivity index is 1.38. The molecule has 0 amide bonds. The first kappa shape index (κ1) is 25.8. The highest BCUT2D eigenvalue weighted by atomic mass is 31.1. The molecule has 4 fully saturated rings. The molecule has 39 heavy (non-hydrogen) atoms. The Morgan fingerprint density at radius 2 is 1.51 bits per heavy atom. The molecule has 4 bridgehead atoms. The van der Waals surface area contributed by atoms with Gasteiger partial charge in [-0.1, -0.05) is 62.4 Å². The van der Waals surface area contributed by atoms with E-state index in [1.807, 2.05) is 0 Å². The van der Waals surface area contributed by atoms with E-state index in [0.717, 1.165) is 29.8 Å². The predicted molar refractivity (Wildman–Crippen MR) is 170 cm³/mol. The van der Waals surface area contributed by atoms with E-state index in [-0.39, 0.29) is 5.41 Å². The van der Waals surface area contributed by atoms with Gasteiger partial charge in [-0.2, -0.15) is 0 Å². The van der Waals surface area contributed by atoms with Gasteiger partial charge in [-0.25, -0.2) is 0 Å². The largest absolute Gasteiger partial charge is 0.367 e. The Bertz CT molecular complexity index is 1360. The van der Waals surface area contributed by atoms with Gasteiger partial charge in [0, 0.05) is 36.4 Å². The molecular weight excluding hydrogens is 510 g/mol. The third kappa shape index (κ3) is 4.38. The Morgan fingerprint density at radius 3 is 2.10 bits per heavy atom. The zero-order valence-corrected chi connectivity index (χ0v) is 25.4. The first-order valence-corrected chi connectivity index (χ1v) is 17.2. The SMILES string of the molecule is CC(C)(c1ccccc1)c1ccc(C23CC4CC(CC(C4)C2CP)C3)c(CP(c2cc[nH]c2)c2cc[nH]c2)c1. The van der Waals surface area contributed by atoms with Crippen molar-refractivity contribution in [1.29, 1.82) is 0 Å². The molecule has 2 aromatic heterocycles. The monoisotopic (exact) mass is 552 g/mol. The van der Waals surface area contributed by atoms with E-state index in [2.05, 4.69) is 119 Å². The number of aromatic nitrogens is 2. The summed E-state index contributed by atoms with van der Waals surface area (Å²) in [6, 6.07) is 23.4. The summed E-state index contributed by atoms with van der Waals surface area (Å²) in [5.74, 6) is 3.57. The zero-order valence-electron chi connectivity index (χ0n) is 23.4. The van der Waals surface area contributed by atoms with E-state index in [1.165, 1.54) is 60.0 Å². The second-order valence-electron chi connectivity index (χ2n) is 13.2. The summed E-state index contributed by atoms with van der Waals surface area (Å²) < 4.78 is 0. The van der Waals surface area contributed by atoms with Gasteiger partial charge in [0.1, 0.15) is 0 Å². The van der Waals surface area contributed by atoms with Crippen molar-refractivity contribution < 1.29 is 0 Å². The number of H-pyrrole nitrogens is 2. The van der Waals surface area contributed by atoms with Gasteiger partial charge in [0.2, 0.25) is 0 Å². The molecule has 4 atom stereocenters. The Labute approximate surface area is 237 Å². The summed E-state index contributed by atoms with van der Waals surface area (Å²) in [7, 11) is 2.68. The fraction of sp³-hybridized carbons (Fsp3) is 0.429. The smallest absolute Gasteiger partial charge is 0.0146 e. The molecule has 0 aliphatic heterocycles. The van der Waals surface area contributed by atoms with Crippen LogP contribution < -0.4 is 10.6 Å². The number of hydrogen-bond acceptors (Lipinski definition) is 0. The molecule has 2 N–H and O–H groups in total. The first-order chi connectivity index (χ1) is 19.0. The molecule has 202 valence electrons. The third-order valence-electron chi connectivity index (χ3n) is 10.8. The second kappa shape index (κ2) is 10.0. The van der Waals surface area contributed by atoms with Crippen LogP contribution in [0.5, 0.6) is 0 Å². The minimum Gasteiger partial charge on any atom is -0.367 e. The van der Waals surface area contributed by atoms with Gasteiger partial charge < -0.3 is 9.97 Å². The van der Waals surface area contributed by atoms with E-state index >= 15 is 0 Å². The lowest BCUT2D eigenvalue weighted by Gasteiger charge is -2.62. The third-order valence-corrected chi connectivity index (χ3v) is 13.7. The van der Waals surface area contributed by atoms with Crippen LogP contribution >= 0.6 is 17.2 Å². The second-order valence-corrected chi connectivity index (χ2v) is 15.9. The van der Waals surface area contributed by atoms with Crippen molar-refractivity contribution in [2.45, 2.75) is 62.9 Å². The quantitative estimate of drug-likeness (QED) is 0.209. The van der Waals surface area contributed by atoms with Crippen LogP contribution in [0.15, 0.2) is 85.5 Å². The molecule has 2 nitrogen and oxygen atoms in total. The van der Waals surface area contributed by atoms with Gasteiger partial charge in [-0.3, -0.25) is 0 Å². The molecule has 0 spiro atoms. The Morgan fingerprint density at radius 1 is 0.846 bits per heavy atom. The summed E-state index contributed by atoms with van der Waals surface area (Å²) in [6.45, 7) is 4.80. The van der Waals surface area contributed by atoms with E-state index < -0.39 is 7.92 Å². The summed E-state index contributed by atoms with van der Waals surface area (Å²) in [5, 5.41) is 2.88. The predicted octanol–water partition coefficient (Wildman–Crippen LogP) is 7.87. The molecule has 4 aliphatic rings. The summed E-state index contributed by atoms with van der Waals surface area (Å²) in [5.41, 5.74) is 6.44. The van der Waals surface area contributed by atoms with Gasteiger partial charge in [-0.05, 0) is 120 Å².